The number of nitrogens with two attached hydrogens (primary N) is 1. The Hall–Kier alpha value is -2.06. The Morgan fingerprint density at radius 1 is 1.26 bits per heavy atom. The van der Waals surface area contributed by atoms with Crippen molar-refractivity contribution < 1.29 is 31.5 Å². The van der Waals surface area contributed by atoms with Crippen LogP contribution in [-0.4, -0.2) is 19.3 Å². The van der Waals surface area contributed by atoms with Gasteiger partial charge in [-0.15, -0.1) is 0 Å². The number of anilines is 1. The van der Waals surface area contributed by atoms with Crippen molar-refractivity contribution in [2.45, 2.75) is 12.1 Å². The van der Waals surface area contributed by atoms with Crippen LogP contribution in [0.25, 0.3) is 0 Å². The fourth-order valence-electron chi connectivity index (χ4n) is 1.30. The van der Waals surface area contributed by atoms with Gasteiger partial charge in [0.1, 0.15) is 5.75 Å². The summed E-state index contributed by atoms with van der Waals surface area (Å²) < 4.78 is 67.5. The van der Waals surface area contributed by atoms with E-state index in [9.17, 15) is 26.7 Å². The molecule has 19 heavy (non-hydrogen) atoms. The summed E-state index contributed by atoms with van der Waals surface area (Å²) in [6.45, 7) is 0. The SMILES string of the molecule is COc1ccc(C(F)(F)C(F)(F)F)cc1NC(N)=O. The Balaban J connectivity index is 3.29. The highest BCUT2D eigenvalue weighted by molar-refractivity contribution is 5.89. The van der Waals surface area contributed by atoms with Gasteiger partial charge in [0, 0.05) is 5.56 Å². The molecule has 0 saturated heterocycles. The second kappa shape index (κ2) is 4.90. The molecule has 0 unspecified atom stereocenters. The van der Waals surface area contributed by atoms with Gasteiger partial charge in [-0.25, -0.2) is 4.79 Å². The van der Waals surface area contributed by atoms with E-state index < -0.39 is 23.7 Å². The molecule has 0 atom stereocenters. The Bertz CT molecular complexity index is 487. The molecule has 106 valence electrons. The lowest BCUT2D eigenvalue weighted by atomic mass is 10.1. The second-order valence-corrected chi connectivity index (χ2v) is 3.48. The van der Waals surface area contributed by atoms with Crippen LogP contribution in [0.5, 0.6) is 5.75 Å². The Labute approximate surface area is 104 Å². The number of hydrogen-bond acceptors (Lipinski definition) is 2. The quantitative estimate of drug-likeness (QED) is 0.838. The summed E-state index contributed by atoms with van der Waals surface area (Å²) in [7, 11) is 1.16. The van der Waals surface area contributed by atoms with E-state index in [0.29, 0.717) is 12.1 Å². The van der Waals surface area contributed by atoms with E-state index >= 15 is 0 Å². The summed E-state index contributed by atoms with van der Waals surface area (Å²) in [4.78, 5) is 10.6. The number of primary amides is 1. The predicted octanol–water partition coefficient (Wildman–Crippen LogP) is 2.84. The molecule has 0 radical (unpaired) electrons. The molecule has 0 spiro atoms. The zero-order valence-electron chi connectivity index (χ0n) is 9.52. The van der Waals surface area contributed by atoms with E-state index in [2.05, 4.69) is 0 Å². The predicted molar refractivity (Wildman–Crippen MR) is 56.1 cm³/mol. The number of alkyl halides is 5. The van der Waals surface area contributed by atoms with Crippen LogP contribution in [0, 0.1) is 0 Å². The van der Waals surface area contributed by atoms with Crippen molar-refractivity contribution >= 4 is 11.7 Å². The molecular weight excluding hydrogens is 275 g/mol. The minimum atomic E-state index is -5.74. The maximum absolute atomic E-state index is 13.1. The molecule has 4 nitrogen and oxygen atoms in total. The third kappa shape index (κ3) is 3.04. The van der Waals surface area contributed by atoms with Crippen molar-refractivity contribution in [2.75, 3.05) is 12.4 Å². The number of ether oxygens (including phenoxy) is 1. The topological polar surface area (TPSA) is 64.3 Å². The van der Waals surface area contributed by atoms with Crippen LogP contribution in [0.4, 0.5) is 32.4 Å². The molecule has 0 aliphatic rings. The first-order valence-corrected chi connectivity index (χ1v) is 4.79. The lowest BCUT2D eigenvalue weighted by Crippen LogP contribution is -2.33. The van der Waals surface area contributed by atoms with Crippen molar-refractivity contribution in [2.24, 2.45) is 5.73 Å². The number of amides is 2. The largest absolute Gasteiger partial charge is 0.495 e. The van der Waals surface area contributed by atoms with E-state index in [1.165, 1.54) is 0 Å². The van der Waals surface area contributed by atoms with E-state index in [-0.39, 0.29) is 11.4 Å². The average Bonchev–Trinajstić information content (AvgIpc) is 2.26. The molecule has 0 fully saturated rings. The Morgan fingerprint density at radius 2 is 1.84 bits per heavy atom. The van der Waals surface area contributed by atoms with Gasteiger partial charge < -0.3 is 15.8 Å². The zero-order valence-corrected chi connectivity index (χ0v) is 9.52. The number of carbonyl (C=O) groups excluding carboxylic acids is 1. The normalized spacial score (nSPS) is 12.1. The highest BCUT2D eigenvalue weighted by atomic mass is 19.4. The van der Waals surface area contributed by atoms with Gasteiger partial charge in [0.25, 0.3) is 0 Å². The number of nitrogens with one attached hydrogen (secondary N) is 1. The van der Waals surface area contributed by atoms with Crippen molar-refractivity contribution in [1.29, 1.82) is 0 Å². The molecule has 3 N–H and O–H groups in total. The molecule has 9 heteroatoms. The van der Waals surface area contributed by atoms with Gasteiger partial charge in [0.15, 0.2) is 0 Å². The standard InChI is InChI=1S/C10H9F5N2O2/c1-19-7-3-2-5(4-6(7)17-8(16)18)9(11,12)10(13,14)15/h2-4H,1H3,(H3,16,17,18). The number of hydrogen-bond donors (Lipinski definition) is 2. The molecule has 1 aromatic carbocycles. The third-order valence-corrected chi connectivity index (χ3v) is 2.18. The van der Waals surface area contributed by atoms with Gasteiger partial charge in [-0.3, -0.25) is 0 Å². The lowest BCUT2D eigenvalue weighted by Gasteiger charge is -2.21. The average molecular weight is 284 g/mol. The van der Waals surface area contributed by atoms with Crippen molar-refractivity contribution in [1.82, 2.24) is 0 Å². The molecular formula is C10H9F5N2O2. The van der Waals surface area contributed by atoms with Gasteiger partial charge in [-0.05, 0) is 18.2 Å². The highest BCUT2D eigenvalue weighted by Gasteiger charge is 2.58. The van der Waals surface area contributed by atoms with Crippen LogP contribution in [0.2, 0.25) is 0 Å². The summed E-state index contributed by atoms with van der Waals surface area (Å²) in [6, 6.07) is 0.765. The van der Waals surface area contributed by atoms with Crippen LogP contribution < -0.4 is 15.8 Å². The van der Waals surface area contributed by atoms with E-state index in [0.717, 1.165) is 13.2 Å². The third-order valence-electron chi connectivity index (χ3n) is 2.18. The molecule has 0 aliphatic heterocycles. The maximum Gasteiger partial charge on any atom is 0.458 e. The van der Waals surface area contributed by atoms with Crippen LogP contribution in [0.1, 0.15) is 5.56 Å². The van der Waals surface area contributed by atoms with E-state index in [4.69, 9.17) is 10.5 Å². The monoisotopic (exact) mass is 284 g/mol. The van der Waals surface area contributed by atoms with Crippen molar-refractivity contribution in [3.63, 3.8) is 0 Å². The first kappa shape index (κ1) is 15.0. The van der Waals surface area contributed by atoms with Crippen LogP contribution in [0.15, 0.2) is 18.2 Å². The summed E-state index contributed by atoms with van der Waals surface area (Å²) in [5.41, 5.74) is 3.07. The molecule has 0 aromatic heterocycles. The van der Waals surface area contributed by atoms with Crippen molar-refractivity contribution in [3.8, 4) is 5.75 Å². The molecule has 0 saturated carbocycles. The van der Waals surface area contributed by atoms with E-state index in [1.807, 2.05) is 5.32 Å². The first-order chi connectivity index (χ1) is 8.59. The van der Waals surface area contributed by atoms with Crippen LogP contribution >= 0.6 is 0 Å². The molecule has 1 rings (SSSR count). The molecule has 0 bridgehead atoms. The first-order valence-electron chi connectivity index (χ1n) is 4.79. The summed E-state index contributed by atoms with van der Waals surface area (Å²) in [5.74, 6) is -5.15. The summed E-state index contributed by atoms with van der Waals surface area (Å²) >= 11 is 0. The Morgan fingerprint density at radius 3 is 2.26 bits per heavy atom. The smallest absolute Gasteiger partial charge is 0.458 e. The number of rotatable bonds is 3. The van der Waals surface area contributed by atoms with Crippen LogP contribution in [0.3, 0.4) is 0 Å². The van der Waals surface area contributed by atoms with Gasteiger partial charge in [0.2, 0.25) is 0 Å². The molecule has 1 aromatic rings. The van der Waals surface area contributed by atoms with E-state index in [1.54, 1.807) is 0 Å². The number of carbonyl (C=O) groups is 1. The number of halogens is 5. The summed E-state index contributed by atoms with van der Waals surface area (Å²) in [5, 5.41) is 1.90. The fourth-order valence-corrected chi connectivity index (χ4v) is 1.30. The maximum atomic E-state index is 13.1. The van der Waals surface area contributed by atoms with Gasteiger partial charge in [-0.1, -0.05) is 0 Å². The zero-order chi connectivity index (χ0) is 14.8. The number of urea groups is 1. The molecule has 0 heterocycles. The number of benzene rings is 1. The Kier molecular flexibility index (Phi) is 3.87. The highest BCUT2D eigenvalue weighted by Crippen LogP contribution is 2.45. The van der Waals surface area contributed by atoms with Gasteiger partial charge in [-0.2, -0.15) is 22.0 Å². The summed E-state index contributed by atoms with van der Waals surface area (Å²) in [6.07, 6.45) is -5.74. The lowest BCUT2D eigenvalue weighted by molar-refractivity contribution is -0.289. The minimum absolute atomic E-state index is 0.0967. The number of methoxy groups -OCH3 is 1. The van der Waals surface area contributed by atoms with Gasteiger partial charge in [0.05, 0.1) is 12.8 Å². The second-order valence-electron chi connectivity index (χ2n) is 3.48. The fraction of sp³-hybridized carbons (Fsp3) is 0.300. The minimum Gasteiger partial charge on any atom is -0.495 e. The molecule has 0 aliphatic carbocycles. The van der Waals surface area contributed by atoms with Crippen LogP contribution in [-0.2, 0) is 5.92 Å². The van der Waals surface area contributed by atoms with Gasteiger partial charge >= 0.3 is 18.1 Å². The van der Waals surface area contributed by atoms with Crippen molar-refractivity contribution in [3.05, 3.63) is 23.8 Å². The molecule has 2 amide bonds.